The van der Waals surface area contributed by atoms with E-state index in [0.717, 1.165) is 16.7 Å². The fraction of sp³-hybridized carbons (Fsp3) is 0.471. The first-order valence-corrected chi connectivity index (χ1v) is 9.67. The summed E-state index contributed by atoms with van der Waals surface area (Å²) < 4.78 is 0. The molecule has 3 N–H and O–H groups in total. The monoisotopic (exact) mass is 362 g/mol. The van der Waals surface area contributed by atoms with E-state index in [9.17, 15) is 14.7 Å². The van der Waals surface area contributed by atoms with Crippen LogP contribution in [0.3, 0.4) is 0 Å². The van der Waals surface area contributed by atoms with Crippen LogP contribution in [-0.4, -0.2) is 58.3 Å². The fourth-order valence-electron chi connectivity index (χ4n) is 3.03. The van der Waals surface area contributed by atoms with Crippen LogP contribution >= 0.6 is 11.8 Å². The molecule has 8 heteroatoms. The Labute approximate surface area is 150 Å². The molecule has 2 amide bonds. The van der Waals surface area contributed by atoms with E-state index >= 15 is 0 Å². The van der Waals surface area contributed by atoms with E-state index in [1.807, 2.05) is 30.5 Å². The van der Waals surface area contributed by atoms with Crippen LogP contribution in [0.25, 0.3) is 10.9 Å². The van der Waals surface area contributed by atoms with Gasteiger partial charge in [0.2, 0.25) is 11.8 Å². The van der Waals surface area contributed by atoms with Crippen molar-refractivity contribution in [3.05, 3.63) is 24.3 Å². The number of aliphatic hydroxyl groups excluding tert-OH is 1. The number of H-pyrrole nitrogens is 1. The first-order chi connectivity index (χ1) is 12.1. The highest BCUT2D eigenvalue weighted by atomic mass is 32.2. The molecule has 2 unspecified atom stereocenters. The van der Waals surface area contributed by atoms with Crippen LogP contribution in [0.15, 0.2) is 24.3 Å². The van der Waals surface area contributed by atoms with E-state index in [0.29, 0.717) is 18.8 Å². The van der Waals surface area contributed by atoms with Gasteiger partial charge >= 0.3 is 0 Å². The summed E-state index contributed by atoms with van der Waals surface area (Å²) in [5.74, 6) is 0.710. The third-order valence-corrected chi connectivity index (χ3v) is 5.08. The standard InChI is InChI=1S/C17H22N4O3S/c1-25-7-6-12(10-22)18-17(24)11-8-15(23)21(9-11)16-13-4-2-3-5-14(13)19-20-16/h2-5,11-12,22H,6-10H2,1H3,(H,18,24)(H,19,20). The number of anilines is 1. The van der Waals surface area contributed by atoms with E-state index < -0.39 is 5.92 Å². The molecule has 2 heterocycles. The van der Waals surface area contributed by atoms with Gasteiger partial charge in [0, 0.05) is 18.4 Å². The predicted octanol–water partition coefficient (Wildman–Crippen LogP) is 1.15. The molecule has 0 spiro atoms. The van der Waals surface area contributed by atoms with Gasteiger partial charge in [0.1, 0.15) is 0 Å². The maximum Gasteiger partial charge on any atom is 0.229 e. The molecule has 1 aromatic heterocycles. The van der Waals surface area contributed by atoms with Crippen molar-refractivity contribution in [2.75, 3.05) is 30.1 Å². The number of fused-ring (bicyclic) bond motifs is 1. The number of amides is 2. The number of rotatable bonds is 7. The second kappa shape index (κ2) is 7.88. The van der Waals surface area contributed by atoms with E-state index in [1.165, 1.54) is 0 Å². The Morgan fingerprint density at radius 2 is 2.32 bits per heavy atom. The summed E-state index contributed by atoms with van der Waals surface area (Å²) in [5, 5.41) is 20.3. The molecule has 1 aromatic carbocycles. The van der Waals surface area contributed by atoms with Crippen LogP contribution in [0.4, 0.5) is 5.82 Å². The number of benzene rings is 1. The molecule has 7 nitrogen and oxygen atoms in total. The topological polar surface area (TPSA) is 98.3 Å². The Hall–Kier alpha value is -2.06. The maximum absolute atomic E-state index is 12.5. The molecule has 1 saturated heterocycles. The lowest BCUT2D eigenvalue weighted by molar-refractivity contribution is -0.127. The Morgan fingerprint density at radius 1 is 1.52 bits per heavy atom. The number of hydrogen-bond donors (Lipinski definition) is 3. The van der Waals surface area contributed by atoms with Crippen molar-refractivity contribution in [1.82, 2.24) is 15.5 Å². The van der Waals surface area contributed by atoms with E-state index in [4.69, 9.17) is 0 Å². The molecule has 1 fully saturated rings. The average molecular weight is 362 g/mol. The summed E-state index contributed by atoms with van der Waals surface area (Å²) >= 11 is 1.67. The number of aliphatic hydroxyl groups is 1. The highest BCUT2D eigenvalue weighted by Crippen LogP contribution is 2.29. The van der Waals surface area contributed by atoms with Gasteiger partial charge in [-0.25, -0.2) is 0 Å². The van der Waals surface area contributed by atoms with Crippen LogP contribution in [-0.2, 0) is 9.59 Å². The largest absolute Gasteiger partial charge is 0.394 e. The maximum atomic E-state index is 12.5. The summed E-state index contributed by atoms with van der Waals surface area (Å²) in [6, 6.07) is 7.32. The highest BCUT2D eigenvalue weighted by Gasteiger charge is 2.37. The minimum Gasteiger partial charge on any atom is -0.394 e. The third-order valence-electron chi connectivity index (χ3n) is 4.44. The lowest BCUT2D eigenvalue weighted by atomic mass is 10.1. The molecule has 1 aliphatic rings. The van der Waals surface area contributed by atoms with Crippen LogP contribution in [0.2, 0.25) is 0 Å². The highest BCUT2D eigenvalue weighted by molar-refractivity contribution is 7.98. The van der Waals surface area contributed by atoms with E-state index in [1.54, 1.807) is 16.7 Å². The number of aromatic nitrogens is 2. The minimum absolute atomic E-state index is 0.0965. The molecule has 1 aliphatic heterocycles. The first kappa shape index (κ1) is 17.8. The van der Waals surface area contributed by atoms with Gasteiger partial charge in [-0.05, 0) is 30.6 Å². The number of nitrogens with zero attached hydrogens (tertiary/aromatic N) is 2. The number of carbonyl (C=O) groups is 2. The Bertz CT molecular complexity index is 763. The number of para-hydroxylation sites is 1. The van der Waals surface area contributed by atoms with Gasteiger partial charge in [-0.15, -0.1) is 0 Å². The molecule has 0 saturated carbocycles. The van der Waals surface area contributed by atoms with E-state index in [-0.39, 0.29) is 30.9 Å². The SMILES string of the molecule is CSCCC(CO)NC(=O)C1CC(=O)N(c2n[nH]c3ccccc23)C1. The van der Waals surface area contributed by atoms with Crippen LogP contribution in [0.1, 0.15) is 12.8 Å². The smallest absolute Gasteiger partial charge is 0.229 e. The van der Waals surface area contributed by atoms with Crippen molar-refractivity contribution >= 4 is 40.3 Å². The van der Waals surface area contributed by atoms with Gasteiger partial charge in [0.25, 0.3) is 0 Å². The van der Waals surface area contributed by atoms with Crippen molar-refractivity contribution in [2.45, 2.75) is 18.9 Å². The second-order valence-electron chi connectivity index (χ2n) is 6.17. The molecule has 0 bridgehead atoms. The van der Waals surface area contributed by atoms with Crippen LogP contribution < -0.4 is 10.2 Å². The molecule has 25 heavy (non-hydrogen) atoms. The Kier molecular flexibility index (Phi) is 5.60. The Morgan fingerprint density at radius 3 is 3.08 bits per heavy atom. The molecule has 134 valence electrons. The number of aromatic amines is 1. The minimum atomic E-state index is -0.425. The number of nitrogens with one attached hydrogen (secondary N) is 2. The third kappa shape index (κ3) is 3.80. The summed E-state index contributed by atoms with van der Waals surface area (Å²) in [4.78, 5) is 26.4. The van der Waals surface area contributed by atoms with Gasteiger partial charge in [-0.2, -0.15) is 16.9 Å². The van der Waals surface area contributed by atoms with Gasteiger partial charge < -0.3 is 10.4 Å². The number of thioether (sulfide) groups is 1. The lowest BCUT2D eigenvalue weighted by Crippen LogP contribution is -2.42. The average Bonchev–Trinajstić information content (AvgIpc) is 3.21. The normalized spacial score (nSPS) is 18.7. The van der Waals surface area contributed by atoms with Crippen molar-refractivity contribution in [3.8, 4) is 0 Å². The second-order valence-corrected chi connectivity index (χ2v) is 7.15. The molecular weight excluding hydrogens is 340 g/mol. The predicted molar refractivity (Wildman–Crippen MR) is 98.6 cm³/mol. The summed E-state index contributed by atoms with van der Waals surface area (Å²) in [5.41, 5.74) is 0.857. The van der Waals surface area contributed by atoms with Gasteiger partial charge in [0.15, 0.2) is 5.82 Å². The number of carbonyl (C=O) groups excluding carboxylic acids is 2. The fourth-order valence-corrected chi connectivity index (χ4v) is 3.55. The first-order valence-electron chi connectivity index (χ1n) is 8.27. The quantitative estimate of drug-likeness (QED) is 0.686. The molecule has 0 radical (unpaired) electrons. The zero-order valence-corrected chi connectivity index (χ0v) is 14.9. The zero-order chi connectivity index (χ0) is 17.8. The summed E-state index contributed by atoms with van der Waals surface area (Å²) in [6.45, 7) is 0.209. The van der Waals surface area contributed by atoms with Crippen LogP contribution in [0, 0.1) is 5.92 Å². The summed E-state index contributed by atoms with van der Waals surface area (Å²) in [6.07, 6.45) is 2.85. The van der Waals surface area contributed by atoms with Gasteiger partial charge in [0.05, 0.1) is 24.1 Å². The van der Waals surface area contributed by atoms with Crippen molar-refractivity contribution < 1.29 is 14.7 Å². The van der Waals surface area contributed by atoms with Crippen LogP contribution in [0.5, 0.6) is 0 Å². The molecular formula is C17H22N4O3S. The van der Waals surface area contributed by atoms with Gasteiger partial charge in [-0.3, -0.25) is 19.6 Å². The molecule has 3 rings (SSSR count). The molecule has 0 aliphatic carbocycles. The molecule has 2 atom stereocenters. The summed E-state index contributed by atoms with van der Waals surface area (Å²) in [7, 11) is 0. The number of hydrogen-bond acceptors (Lipinski definition) is 5. The van der Waals surface area contributed by atoms with Gasteiger partial charge in [-0.1, -0.05) is 12.1 Å². The van der Waals surface area contributed by atoms with Crippen molar-refractivity contribution in [3.63, 3.8) is 0 Å². The molecule has 2 aromatic rings. The zero-order valence-electron chi connectivity index (χ0n) is 14.1. The van der Waals surface area contributed by atoms with E-state index in [2.05, 4.69) is 15.5 Å². The lowest BCUT2D eigenvalue weighted by Gasteiger charge is -2.18. The van der Waals surface area contributed by atoms with Crippen molar-refractivity contribution in [1.29, 1.82) is 0 Å². The Balaban J connectivity index is 1.68. The van der Waals surface area contributed by atoms with Crippen molar-refractivity contribution in [2.24, 2.45) is 5.92 Å².